The van der Waals surface area contributed by atoms with Crippen molar-refractivity contribution in [1.29, 1.82) is 0 Å². The van der Waals surface area contributed by atoms with Gasteiger partial charge < -0.3 is 0 Å². The highest BCUT2D eigenvalue weighted by molar-refractivity contribution is 9.09. The average molecular weight is 331 g/mol. The molecule has 0 radical (unpaired) electrons. The summed E-state index contributed by atoms with van der Waals surface area (Å²) in [7, 11) is 0. The molecule has 0 bridgehead atoms. The molecule has 3 aromatic rings. The number of fused-ring (bicyclic) bond motifs is 1. The Balaban J connectivity index is 2.10. The maximum Gasteiger partial charge on any atom is 0.0661 e. The maximum atomic E-state index is 3.88. The molecule has 2 heteroatoms. The molecule has 0 aliphatic carbocycles. The lowest BCUT2D eigenvalue weighted by molar-refractivity contribution is 1.16. The predicted molar refractivity (Wildman–Crippen MR) is 88.5 cm³/mol. The molecule has 3 rings (SSSR count). The standard InChI is InChI=1S/C17H15BrS/c1-11-7-8-13(12(2)9-11)17(18)15-10-19-16-6-4-3-5-14(15)16/h3-10,17H,1-2H3. The van der Waals surface area contributed by atoms with E-state index in [1.165, 1.54) is 32.3 Å². The summed E-state index contributed by atoms with van der Waals surface area (Å²) in [6.07, 6.45) is 0. The zero-order valence-electron chi connectivity index (χ0n) is 11.0. The molecule has 0 N–H and O–H groups in total. The first-order valence-electron chi connectivity index (χ1n) is 6.34. The van der Waals surface area contributed by atoms with Crippen LogP contribution in [0.25, 0.3) is 10.1 Å². The minimum Gasteiger partial charge on any atom is -0.143 e. The van der Waals surface area contributed by atoms with Crippen molar-refractivity contribution in [1.82, 2.24) is 0 Å². The van der Waals surface area contributed by atoms with Crippen LogP contribution in [0.15, 0.2) is 47.8 Å². The first kappa shape index (κ1) is 12.9. The van der Waals surface area contributed by atoms with E-state index in [0.717, 1.165) is 0 Å². The SMILES string of the molecule is Cc1ccc(C(Br)c2csc3ccccc23)c(C)c1. The van der Waals surface area contributed by atoms with Crippen molar-refractivity contribution in [3.8, 4) is 0 Å². The molecule has 1 aromatic heterocycles. The lowest BCUT2D eigenvalue weighted by Crippen LogP contribution is -1.95. The molecule has 0 aliphatic heterocycles. The molecule has 0 nitrogen and oxygen atoms in total. The Morgan fingerprint density at radius 2 is 1.79 bits per heavy atom. The Morgan fingerprint density at radius 1 is 1.00 bits per heavy atom. The summed E-state index contributed by atoms with van der Waals surface area (Å²) in [5.74, 6) is 0. The third-order valence-electron chi connectivity index (χ3n) is 3.48. The monoisotopic (exact) mass is 330 g/mol. The second-order valence-electron chi connectivity index (χ2n) is 4.91. The van der Waals surface area contributed by atoms with Crippen molar-refractivity contribution in [2.45, 2.75) is 18.7 Å². The summed E-state index contributed by atoms with van der Waals surface area (Å²) >= 11 is 5.69. The highest BCUT2D eigenvalue weighted by Crippen LogP contribution is 2.39. The second-order valence-corrected chi connectivity index (χ2v) is 6.74. The van der Waals surface area contributed by atoms with Crippen molar-refractivity contribution in [3.05, 3.63) is 70.1 Å². The quantitative estimate of drug-likeness (QED) is 0.505. The molecule has 0 amide bonds. The maximum absolute atomic E-state index is 3.88. The summed E-state index contributed by atoms with van der Waals surface area (Å²) in [6, 6.07) is 15.3. The highest BCUT2D eigenvalue weighted by Gasteiger charge is 2.16. The predicted octanol–water partition coefficient (Wildman–Crippen LogP) is 6.00. The Morgan fingerprint density at radius 3 is 2.58 bits per heavy atom. The van der Waals surface area contributed by atoms with E-state index in [0.29, 0.717) is 0 Å². The molecule has 1 atom stereocenters. The summed E-state index contributed by atoms with van der Waals surface area (Å²) in [5.41, 5.74) is 5.38. The minimum absolute atomic E-state index is 0.268. The van der Waals surface area contributed by atoms with E-state index >= 15 is 0 Å². The van der Waals surface area contributed by atoms with Gasteiger partial charge in [0.25, 0.3) is 0 Å². The largest absolute Gasteiger partial charge is 0.143 e. The number of benzene rings is 2. The van der Waals surface area contributed by atoms with Gasteiger partial charge in [0.15, 0.2) is 0 Å². The molecular weight excluding hydrogens is 316 g/mol. The number of halogens is 1. The van der Waals surface area contributed by atoms with Crippen LogP contribution in [0.5, 0.6) is 0 Å². The van der Waals surface area contributed by atoms with Crippen LogP contribution in [0, 0.1) is 13.8 Å². The van der Waals surface area contributed by atoms with Crippen molar-refractivity contribution in [2.24, 2.45) is 0 Å². The first-order chi connectivity index (χ1) is 9.16. The number of rotatable bonds is 2. The Hall–Kier alpha value is -1.12. The van der Waals surface area contributed by atoms with Gasteiger partial charge in [-0.05, 0) is 47.4 Å². The molecule has 1 unspecified atom stereocenters. The van der Waals surface area contributed by atoms with Crippen LogP contribution in [-0.2, 0) is 0 Å². The van der Waals surface area contributed by atoms with Crippen LogP contribution in [0.1, 0.15) is 27.1 Å². The Bertz CT molecular complexity index is 727. The van der Waals surface area contributed by atoms with Crippen LogP contribution >= 0.6 is 27.3 Å². The molecule has 2 aromatic carbocycles. The fraction of sp³-hybridized carbons (Fsp3) is 0.176. The first-order valence-corrected chi connectivity index (χ1v) is 8.13. The number of aryl methyl sites for hydroxylation is 2. The molecule has 0 saturated heterocycles. The fourth-order valence-electron chi connectivity index (χ4n) is 2.47. The second kappa shape index (κ2) is 5.10. The van der Waals surface area contributed by atoms with Gasteiger partial charge in [0.1, 0.15) is 0 Å². The molecule has 1 heterocycles. The summed E-state index contributed by atoms with van der Waals surface area (Å²) in [6.45, 7) is 4.32. The van der Waals surface area contributed by atoms with Gasteiger partial charge in [-0.1, -0.05) is 57.9 Å². The van der Waals surface area contributed by atoms with E-state index in [1.807, 2.05) is 11.3 Å². The Kier molecular flexibility index (Phi) is 3.46. The van der Waals surface area contributed by atoms with Crippen molar-refractivity contribution in [3.63, 3.8) is 0 Å². The van der Waals surface area contributed by atoms with E-state index in [-0.39, 0.29) is 4.83 Å². The van der Waals surface area contributed by atoms with Crippen molar-refractivity contribution >= 4 is 37.4 Å². The molecule has 96 valence electrons. The fourth-order valence-corrected chi connectivity index (χ4v) is 4.53. The van der Waals surface area contributed by atoms with Gasteiger partial charge in [0.2, 0.25) is 0 Å². The van der Waals surface area contributed by atoms with Gasteiger partial charge >= 0.3 is 0 Å². The smallest absolute Gasteiger partial charge is 0.0661 e. The molecule has 19 heavy (non-hydrogen) atoms. The summed E-state index contributed by atoms with van der Waals surface area (Å²) < 4.78 is 1.35. The van der Waals surface area contributed by atoms with Crippen LogP contribution in [-0.4, -0.2) is 0 Å². The zero-order valence-corrected chi connectivity index (χ0v) is 13.4. The van der Waals surface area contributed by atoms with E-state index in [4.69, 9.17) is 0 Å². The minimum atomic E-state index is 0.268. The van der Waals surface area contributed by atoms with Crippen LogP contribution in [0.3, 0.4) is 0 Å². The van der Waals surface area contributed by atoms with Crippen LogP contribution < -0.4 is 0 Å². The Labute approximate surface area is 126 Å². The normalized spacial score (nSPS) is 12.8. The van der Waals surface area contributed by atoms with Gasteiger partial charge in [0, 0.05) is 4.70 Å². The summed E-state index contributed by atoms with van der Waals surface area (Å²) in [4.78, 5) is 0.268. The van der Waals surface area contributed by atoms with E-state index in [2.05, 4.69) is 77.6 Å². The third-order valence-corrected chi connectivity index (χ3v) is 5.45. The highest BCUT2D eigenvalue weighted by atomic mass is 79.9. The van der Waals surface area contributed by atoms with Crippen LogP contribution in [0.4, 0.5) is 0 Å². The molecule has 0 fully saturated rings. The zero-order chi connectivity index (χ0) is 13.4. The lowest BCUT2D eigenvalue weighted by atomic mass is 9.98. The number of hydrogen-bond acceptors (Lipinski definition) is 1. The number of alkyl halides is 1. The molecule has 0 spiro atoms. The van der Waals surface area contributed by atoms with Crippen molar-refractivity contribution in [2.75, 3.05) is 0 Å². The third kappa shape index (κ3) is 2.35. The van der Waals surface area contributed by atoms with Gasteiger partial charge in [-0.15, -0.1) is 11.3 Å². The van der Waals surface area contributed by atoms with E-state index in [1.54, 1.807) is 0 Å². The molecule has 0 saturated carbocycles. The average Bonchev–Trinajstić information content (AvgIpc) is 2.82. The van der Waals surface area contributed by atoms with Gasteiger partial charge in [0.05, 0.1) is 4.83 Å². The van der Waals surface area contributed by atoms with Gasteiger partial charge in [-0.25, -0.2) is 0 Å². The topological polar surface area (TPSA) is 0 Å². The molecular formula is C17H15BrS. The van der Waals surface area contributed by atoms with E-state index in [9.17, 15) is 0 Å². The number of thiophene rings is 1. The molecule has 0 aliphatic rings. The van der Waals surface area contributed by atoms with Crippen molar-refractivity contribution < 1.29 is 0 Å². The number of hydrogen-bond donors (Lipinski definition) is 0. The van der Waals surface area contributed by atoms with Gasteiger partial charge in [-0.3, -0.25) is 0 Å². The summed E-state index contributed by atoms with van der Waals surface area (Å²) in [5, 5.41) is 3.62. The lowest BCUT2D eigenvalue weighted by Gasteiger charge is -2.13. The van der Waals surface area contributed by atoms with E-state index < -0.39 is 0 Å². The van der Waals surface area contributed by atoms with Gasteiger partial charge in [-0.2, -0.15) is 0 Å². The van der Waals surface area contributed by atoms with Crippen LogP contribution in [0.2, 0.25) is 0 Å².